The van der Waals surface area contributed by atoms with Crippen LogP contribution in [0.2, 0.25) is 0 Å². The molecule has 1 aromatic heterocycles. The quantitative estimate of drug-likeness (QED) is 0.773. The maximum absolute atomic E-state index is 11.6. The largest absolute Gasteiger partial charge is 0.465 e. The number of anilines is 1. The minimum Gasteiger partial charge on any atom is -0.465 e. The van der Waals surface area contributed by atoms with E-state index in [4.69, 9.17) is 10.2 Å². The molecule has 0 aliphatic carbocycles. The molecule has 0 aliphatic heterocycles. The Morgan fingerprint density at radius 1 is 1.35 bits per heavy atom. The molecule has 6 heteroatoms. The number of hydrogen-bond donors (Lipinski definition) is 2. The maximum Gasteiger partial charge on any atom is 0.344 e. The molecule has 0 saturated heterocycles. The van der Waals surface area contributed by atoms with Crippen LogP contribution >= 0.6 is 0 Å². The molecular formula is C11H10N2O4. The zero-order valence-electron chi connectivity index (χ0n) is 9.02. The Morgan fingerprint density at radius 2 is 2.06 bits per heavy atom. The van der Waals surface area contributed by atoms with Crippen LogP contribution in [0.25, 0.3) is 11.0 Å². The van der Waals surface area contributed by atoms with Gasteiger partial charge in [-0.05, 0) is 6.07 Å². The van der Waals surface area contributed by atoms with Crippen molar-refractivity contribution in [3.63, 3.8) is 0 Å². The van der Waals surface area contributed by atoms with Gasteiger partial charge in [0, 0.05) is 5.39 Å². The SMILES string of the molecule is COC(=O)c1c(NC(N)=O)oc2ccccc12. The second-order valence-electron chi connectivity index (χ2n) is 3.28. The molecule has 2 amide bonds. The number of urea groups is 1. The van der Waals surface area contributed by atoms with E-state index in [1.54, 1.807) is 24.3 Å². The second-order valence-corrected chi connectivity index (χ2v) is 3.28. The zero-order chi connectivity index (χ0) is 12.4. The number of esters is 1. The molecule has 0 radical (unpaired) electrons. The van der Waals surface area contributed by atoms with Crippen molar-refractivity contribution in [2.75, 3.05) is 12.4 Å². The zero-order valence-corrected chi connectivity index (χ0v) is 9.02. The molecule has 0 fully saturated rings. The monoisotopic (exact) mass is 234 g/mol. The highest BCUT2D eigenvalue weighted by Gasteiger charge is 2.22. The molecule has 0 saturated carbocycles. The highest BCUT2D eigenvalue weighted by molar-refractivity contribution is 6.09. The number of primary amides is 1. The summed E-state index contributed by atoms with van der Waals surface area (Å²) in [5.41, 5.74) is 5.62. The van der Waals surface area contributed by atoms with E-state index in [1.807, 2.05) is 0 Å². The van der Waals surface area contributed by atoms with Crippen molar-refractivity contribution in [2.45, 2.75) is 0 Å². The molecule has 0 bridgehead atoms. The van der Waals surface area contributed by atoms with E-state index in [0.717, 1.165) is 0 Å². The van der Waals surface area contributed by atoms with Crippen molar-refractivity contribution in [3.05, 3.63) is 29.8 Å². The predicted octanol–water partition coefficient (Wildman–Crippen LogP) is 1.71. The number of carbonyl (C=O) groups is 2. The predicted molar refractivity (Wildman–Crippen MR) is 60.8 cm³/mol. The summed E-state index contributed by atoms with van der Waals surface area (Å²) in [6.07, 6.45) is 0. The molecule has 2 rings (SSSR count). The van der Waals surface area contributed by atoms with Gasteiger partial charge in [0.15, 0.2) is 0 Å². The van der Waals surface area contributed by atoms with E-state index in [1.165, 1.54) is 7.11 Å². The van der Waals surface area contributed by atoms with Crippen molar-refractivity contribution >= 4 is 28.9 Å². The second kappa shape index (κ2) is 4.17. The van der Waals surface area contributed by atoms with E-state index in [2.05, 4.69) is 10.1 Å². The Balaban J connectivity index is 2.64. The number of nitrogens with two attached hydrogens (primary N) is 1. The van der Waals surface area contributed by atoms with Crippen molar-refractivity contribution in [1.82, 2.24) is 0 Å². The highest BCUT2D eigenvalue weighted by atomic mass is 16.5. The van der Waals surface area contributed by atoms with Crippen LogP contribution in [0.3, 0.4) is 0 Å². The Labute approximate surface area is 96.3 Å². The Hall–Kier alpha value is -2.50. The fraction of sp³-hybridized carbons (Fsp3) is 0.0909. The average Bonchev–Trinajstić information content (AvgIpc) is 2.65. The fourth-order valence-corrected chi connectivity index (χ4v) is 1.55. The van der Waals surface area contributed by atoms with Crippen LogP contribution in [0, 0.1) is 0 Å². The Bertz CT molecular complexity index is 588. The first-order valence-corrected chi connectivity index (χ1v) is 4.79. The third-order valence-corrected chi connectivity index (χ3v) is 2.22. The molecule has 0 atom stereocenters. The summed E-state index contributed by atoms with van der Waals surface area (Å²) in [5, 5.41) is 2.81. The minimum absolute atomic E-state index is 0.00875. The molecule has 6 nitrogen and oxygen atoms in total. The van der Waals surface area contributed by atoms with Gasteiger partial charge in [-0.2, -0.15) is 0 Å². The normalized spacial score (nSPS) is 10.2. The van der Waals surface area contributed by atoms with Gasteiger partial charge in [0.05, 0.1) is 7.11 Å². The van der Waals surface area contributed by atoms with E-state index < -0.39 is 12.0 Å². The van der Waals surface area contributed by atoms with Crippen LogP contribution in [0.4, 0.5) is 10.7 Å². The lowest BCUT2D eigenvalue weighted by atomic mass is 10.1. The topological polar surface area (TPSA) is 94.6 Å². The van der Waals surface area contributed by atoms with Crippen LogP contribution in [-0.4, -0.2) is 19.1 Å². The molecular weight excluding hydrogens is 224 g/mol. The van der Waals surface area contributed by atoms with Gasteiger partial charge in [-0.15, -0.1) is 0 Å². The van der Waals surface area contributed by atoms with Crippen LogP contribution in [0.1, 0.15) is 10.4 Å². The van der Waals surface area contributed by atoms with Crippen LogP contribution in [-0.2, 0) is 4.74 Å². The van der Waals surface area contributed by atoms with Gasteiger partial charge in [0.2, 0.25) is 5.88 Å². The van der Waals surface area contributed by atoms with Crippen molar-refractivity contribution < 1.29 is 18.7 Å². The lowest BCUT2D eigenvalue weighted by molar-refractivity contribution is 0.0603. The van der Waals surface area contributed by atoms with Gasteiger partial charge in [0.1, 0.15) is 11.1 Å². The molecule has 2 aromatic rings. The number of fused-ring (bicyclic) bond motifs is 1. The van der Waals surface area contributed by atoms with Crippen LogP contribution < -0.4 is 11.1 Å². The number of methoxy groups -OCH3 is 1. The van der Waals surface area contributed by atoms with Gasteiger partial charge in [-0.3, -0.25) is 5.32 Å². The number of hydrogen-bond acceptors (Lipinski definition) is 4. The van der Waals surface area contributed by atoms with Crippen molar-refractivity contribution in [2.24, 2.45) is 5.73 Å². The Kier molecular flexibility index (Phi) is 2.70. The number of carbonyl (C=O) groups excluding carboxylic acids is 2. The molecule has 88 valence electrons. The van der Waals surface area contributed by atoms with E-state index >= 15 is 0 Å². The molecule has 0 aliphatic rings. The first-order valence-electron chi connectivity index (χ1n) is 4.79. The average molecular weight is 234 g/mol. The van der Waals surface area contributed by atoms with Gasteiger partial charge < -0.3 is 14.9 Å². The standard InChI is InChI=1S/C11H10N2O4/c1-16-10(14)8-6-4-2-3-5-7(6)17-9(8)13-11(12)15/h2-5H,1H3,(H3,12,13,15). The van der Waals surface area contributed by atoms with Crippen molar-refractivity contribution in [1.29, 1.82) is 0 Å². The lowest BCUT2D eigenvalue weighted by Gasteiger charge is -2.00. The highest BCUT2D eigenvalue weighted by Crippen LogP contribution is 2.30. The third-order valence-electron chi connectivity index (χ3n) is 2.22. The molecule has 3 N–H and O–H groups in total. The molecule has 17 heavy (non-hydrogen) atoms. The van der Waals surface area contributed by atoms with Gasteiger partial charge in [0.25, 0.3) is 0 Å². The van der Waals surface area contributed by atoms with E-state index in [0.29, 0.717) is 11.0 Å². The van der Waals surface area contributed by atoms with Crippen LogP contribution in [0.15, 0.2) is 28.7 Å². The summed E-state index contributed by atoms with van der Waals surface area (Å²) in [5.74, 6) is -0.607. The number of amides is 2. The molecule has 0 spiro atoms. The number of para-hydroxylation sites is 1. The maximum atomic E-state index is 11.6. The number of rotatable bonds is 2. The summed E-state index contributed by atoms with van der Waals surface area (Å²) < 4.78 is 9.95. The minimum atomic E-state index is -0.811. The number of benzene rings is 1. The van der Waals surface area contributed by atoms with Crippen molar-refractivity contribution in [3.8, 4) is 0 Å². The van der Waals surface area contributed by atoms with E-state index in [9.17, 15) is 9.59 Å². The number of ether oxygens (including phenoxy) is 1. The van der Waals surface area contributed by atoms with Gasteiger partial charge in [-0.25, -0.2) is 9.59 Å². The fourth-order valence-electron chi connectivity index (χ4n) is 1.55. The smallest absolute Gasteiger partial charge is 0.344 e. The summed E-state index contributed by atoms with van der Waals surface area (Å²) in [7, 11) is 1.25. The third kappa shape index (κ3) is 1.92. The van der Waals surface area contributed by atoms with Crippen LogP contribution in [0.5, 0.6) is 0 Å². The molecule has 1 aromatic carbocycles. The summed E-state index contributed by atoms with van der Waals surface area (Å²) in [6, 6.07) is 6.05. The molecule has 0 unspecified atom stereocenters. The lowest BCUT2D eigenvalue weighted by Crippen LogP contribution is -2.20. The first kappa shape index (κ1) is 11.0. The summed E-state index contributed by atoms with van der Waals surface area (Å²) in [4.78, 5) is 22.4. The van der Waals surface area contributed by atoms with Gasteiger partial charge >= 0.3 is 12.0 Å². The summed E-state index contributed by atoms with van der Waals surface area (Å²) in [6.45, 7) is 0. The number of nitrogens with one attached hydrogen (secondary N) is 1. The van der Waals surface area contributed by atoms with Gasteiger partial charge in [-0.1, -0.05) is 18.2 Å². The summed E-state index contributed by atoms with van der Waals surface area (Å²) >= 11 is 0. The number of furan rings is 1. The Morgan fingerprint density at radius 3 is 2.71 bits per heavy atom. The molecule has 1 heterocycles. The first-order chi connectivity index (χ1) is 8.13. The van der Waals surface area contributed by atoms with E-state index in [-0.39, 0.29) is 11.4 Å².